The molecule has 1 aromatic rings. The maximum absolute atomic E-state index is 12.0. The van der Waals surface area contributed by atoms with Crippen LogP contribution in [0, 0.1) is 12.8 Å². The van der Waals surface area contributed by atoms with Gasteiger partial charge in [-0.3, -0.25) is 4.79 Å². The zero-order valence-electron chi connectivity index (χ0n) is 12.5. The van der Waals surface area contributed by atoms with E-state index in [4.69, 9.17) is 4.74 Å². The summed E-state index contributed by atoms with van der Waals surface area (Å²) in [6.45, 7) is 3.64. The molecule has 0 atom stereocenters. The molecule has 0 radical (unpaired) electrons. The van der Waals surface area contributed by atoms with Gasteiger partial charge in [0.15, 0.2) is 0 Å². The van der Waals surface area contributed by atoms with Crippen LogP contribution in [0.5, 0.6) is 5.75 Å². The van der Waals surface area contributed by atoms with E-state index in [2.05, 4.69) is 0 Å². The summed E-state index contributed by atoms with van der Waals surface area (Å²) in [6, 6.07) is 7.92. The van der Waals surface area contributed by atoms with E-state index in [1.54, 1.807) is 4.90 Å². The van der Waals surface area contributed by atoms with Crippen LogP contribution in [0.15, 0.2) is 24.3 Å². The van der Waals surface area contributed by atoms with Crippen molar-refractivity contribution in [3.8, 4) is 5.75 Å². The number of amides is 1. The highest BCUT2D eigenvalue weighted by molar-refractivity contribution is 5.77. The van der Waals surface area contributed by atoms with Gasteiger partial charge in [-0.05, 0) is 44.2 Å². The Hall–Kier alpha value is -1.55. The predicted molar refractivity (Wildman–Crippen MR) is 80.2 cm³/mol. The summed E-state index contributed by atoms with van der Waals surface area (Å²) in [5.74, 6) is 1.42. The Labute approximate surface area is 125 Å². The molecule has 1 aliphatic carbocycles. The second kappa shape index (κ2) is 5.68. The number of carbonyl (C=O) groups is 1. The molecule has 1 heterocycles. The lowest BCUT2D eigenvalue weighted by Crippen LogP contribution is -2.64. The van der Waals surface area contributed by atoms with Crippen molar-refractivity contribution >= 4 is 5.91 Å². The fraction of sp³-hybridized carbons (Fsp3) is 0.588. The van der Waals surface area contributed by atoms with Crippen molar-refractivity contribution in [3.63, 3.8) is 0 Å². The van der Waals surface area contributed by atoms with Crippen LogP contribution in [0.2, 0.25) is 0 Å². The Morgan fingerprint density at radius 1 is 1.33 bits per heavy atom. The molecule has 0 spiro atoms. The third-order valence-electron chi connectivity index (χ3n) is 4.44. The number of aliphatic hydroxyl groups is 1. The zero-order valence-corrected chi connectivity index (χ0v) is 12.5. The van der Waals surface area contributed by atoms with Gasteiger partial charge in [0, 0.05) is 6.42 Å². The van der Waals surface area contributed by atoms with E-state index >= 15 is 0 Å². The van der Waals surface area contributed by atoms with Gasteiger partial charge in [0.25, 0.3) is 0 Å². The van der Waals surface area contributed by atoms with E-state index in [-0.39, 0.29) is 5.91 Å². The van der Waals surface area contributed by atoms with E-state index in [1.807, 2.05) is 31.2 Å². The van der Waals surface area contributed by atoms with Crippen LogP contribution < -0.4 is 4.74 Å². The van der Waals surface area contributed by atoms with Crippen molar-refractivity contribution in [2.45, 2.75) is 38.2 Å². The summed E-state index contributed by atoms with van der Waals surface area (Å²) in [5, 5.41) is 10.2. The van der Waals surface area contributed by atoms with Gasteiger partial charge < -0.3 is 14.7 Å². The van der Waals surface area contributed by atoms with E-state index in [9.17, 15) is 9.90 Å². The van der Waals surface area contributed by atoms with E-state index in [0.717, 1.165) is 18.6 Å². The third kappa shape index (κ3) is 3.38. The van der Waals surface area contributed by atoms with Crippen molar-refractivity contribution in [2.75, 3.05) is 19.7 Å². The van der Waals surface area contributed by atoms with Crippen molar-refractivity contribution < 1.29 is 14.6 Å². The van der Waals surface area contributed by atoms with Crippen LogP contribution >= 0.6 is 0 Å². The van der Waals surface area contributed by atoms with Gasteiger partial charge in [-0.25, -0.2) is 0 Å². The second-order valence-electron chi connectivity index (χ2n) is 6.39. The monoisotopic (exact) mass is 289 g/mol. The van der Waals surface area contributed by atoms with Gasteiger partial charge in [0.2, 0.25) is 5.91 Å². The van der Waals surface area contributed by atoms with Crippen LogP contribution in [-0.2, 0) is 4.79 Å². The topological polar surface area (TPSA) is 49.8 Å². The van der Waals surface area contributed by atoms with Crippen LogP contribution in [0.25, 0.3) is 0 Å². The molecule has 2 fully saturated rings. The Kier molecular flexibility index (Phi) is 3.89. The van der Waals surface area contributed by atoms with Gasteiger partial charge >= 0.3 is 0 Å². The number of hydrogen-bond acceptors (Lipinski definition) is 3. The highest BCUT2D eigenvalue weighted by Gasteiger charge is 2.52. The highest BCUT2D eigenvalue weighted by atomic mass is 16.5. The number of benzene rings is 1. The van der Waals surface area contributed by atoms with Crippen LogP contribution in [0.4, 0.5) is 0 Å². The standard InChI is InChI=1S/C17H23NO3/c1-13-4-8-15(9-5-13)21-10-2-3-16(19)18-11-17(20,12-18)14-6-7-14/h4-5,8-9,14,20H,2-3,6-7,10-12H2,1H3. The molecule has 0 bridgehead atoms. The normalized spacial score (nSPS) is 20.0. The second-order valence-corrected chi connectivity index (χ2v) is 6.39. The molecule has 4 heteroatoms. The minimum atomic E-state index is -0.575. The summed E-state index contributed by atoms with van der Waals surface area (Å²) in [5.41, 5.74) is 0.632. The number of carbonyl (C=O) groups excluding carboxylic acids is 1. The molecule has 4 nitrogen and oxygen atoms in total. The molecule has 1 saturated heterocycles. The summed E-state index contributed by atoms with van der Waals surface area (Å²) in [6.07, 6.45) is 3.43. The van der Waals surface area contributed by atoms with Gasteiger partial charge in [-0.2, -0.15) is 0 Å². The van der Waals surface area contributed by atoms with Crippen molar-refractivity contribution in [1.29, 1.82) is 0 Å². The van der Waals surface area contributed by atoms with Gasteiger partial charge in [-0.1, -0.05) is 17.7 Å². The van der Waals surface area contributed by atoms with Crippen LogP contribution in [0.3, 0.4) is 0 Å². The lowest BCUT2D eigenvalue weighted by molar-refractivity contribution is -0.159. The molecule has 0 aromatic heterocycles. The van der Waals surface area contributed by atoms with Gasteiger partial charge in [0.05, 0.1) is 19.7 Å². The third-order valence-corrected chi connectivity index (χ3v) is 4.44. The predicted octanol–water partition coefficient (Wildman–Crippen LogP) is 2.14. The molecular formula is C17H23NO3. The number of β-amino-alcohol motifs (C(OH)–C–C–N with tert-alkyl or cyclic N) is 1. The lowest BCUT2D eigenvalue weighted by atomic mass is 9.88. The molecule has 1 aromatic carbocycles. The molecule has 21 heavy (non-hydrogen) atoms. The summed E-state index contributed by atoms with van der Waals surface area (Å²) in [7, 11) is 0. The number of nitrogens with zero attached hydrogens (tertiary/aromatic N) is 1. The number of ether oxygens (including phenoxy) is 1. The molecule has 1 aliphatic heterocycles. The molecule has 1 N–H and O–H groups in total. The molecule has 1 saturated carbocycles. The highest BCUT2D eigenvalue weighted by Crippen LogP contribution is 2.44. The summed E-state index contributed by atoms with van der Waals surface area (Å²) < 4.78 is 5.61. The Balaban J connectivity index is 1.32. The first-order valence-corrected chi connectivity index (χ1v) is 7.76. The first-order chi connectivity index (χ1) is 10.1. The average molecular weight is 289 g/mol. The molecule has 2 aliphatic rings. The Bertz CT molecular complexity index is 501. The van der Waals surface area contributed by atoms with E-state index in [1.165, 1.54) is 5.56 Å². The Morgan fingerprint density at radius 2 is 2.00 bits per heavy atom. The van der Waals surface area contributed by atoms with E-state index in [0.29, 0.717) is 38.5 Å². The van der Waals surface area contributed by atoms with Gasteiger partial charge in [-0.15, -0.1) is 0 Å². The Morgan fingerprint density at radius 3 is 2.62 bits per heavy atom. The summed E-state index contributed by atoms with van der Waals surface area (Å²) >= 11 is 0. The molecule has 1 amide bonds. The maximum atomic E-state index is 12.0. The summed E-state index contributed by atoms with van der Waals surface area (Å²) in [4.78, 5) is 13.7. The minimum Gasteiger partial charge on any atom is -0.494 e. The molecule has 3 rings (SSSR count). The van der Waals surface area contributed by atoms with E-state index < -0.39 is 5.60 Å². The maximum Gasteiger partial charge on any atom is 0.222 e. The quantitative estimate of drug-likeness (QED) is 0.816. The number of likely N-dealkylation sites (tertiary alicyclic amines) is 1. The molecular weight excluding hydrogens is 266 g/mol. The minimum absolute atomic E-state index is 0.132. The van der Waals surface area contributed by atoms with Crippen molar-refractivity contribution in [2.24, 2.45) is 5.92 Å². The largest absolute Gasteiger partial charge is 0.494 e. The zero-order chi connectivity index (χ0) is 14.9. The van der Waals surface area contributed by atoms with Crippen LogP contribution in [0.1, 0.15) is 31.2 Å². The van der Waals surface area contributed by atoms with Crippen molar-refractivity contribution in [3.05, 3.63) is 29.8 Å². The first kappa shape index (κ1) is 14.4. The number of rotatable bonds is 6. The SMILES string of the molecule is Cc1ccc(OCCCC(=O)N2CC(O)(C3CC3)C2)cc1. The number of aryl methyl sites for hydroxylation is 1. The lowest BCUT2D eigenvalue weighted by Gasteiger charge is -2.47. The fourth-order valence-electron chi connectivity index (χ4n) is 2.88. The fourth-order valence-corrected chi connectivity index (χ4v) is 2.88. The van der Waals surface area contributed by atoms with Crippen LogP contribution in [-0.4, -0.2) is 41.2 Å². The first-order valence-electron chi connectivity index (χ1n) is 7.76. The average Bonchev–Trinajstić information content (AvgIpc) is 3.26. The van der Waals surface area contributed by atoms with Gasteiger partial charge in [0.1, 0.15) is 11.4 Å². The number of hydrogen-bond donors (Lipinski definition) is 1. The van der Waals surface area contributed by atoms with Crippen molar-refractivity contribution in [1.82, 2.24) is 4.90 Å². The molecule has 0 unspecified atom stereocenters. The molecule has 114 valence electrons. The smallest absolute Gasteiger partial charge is 0.222 e.